The maximum absolute atomic E-state index is 13.4. The average molecular weight is 466 g/mol. The monoisotopic (exact) mass is 466 g/mol. The van der Waals surface area contributed by atoms with Gasteiger partial charge in [-0.3, -0.25) is 9.59 Å². The normalized spacial score (nSPS) is 12.1. The third kappa shape index (κ3) is 4.85. The summed E-state index contributed by atoms with van der Waals surface area (Å²) < 4.78 is 41.8. The van der Waals surface area contributed by atoms with E-state index in [-0.39, 0.29) is 11.1 Å². The molecule has 2 aromatic heterocycles. The minimum atomic E-state index is -5.20. The Bertz CT molecular complexity index is 1320. The second kappa shape index (κ2) is 8.99. The Morgan fingerprint density at radius 2 is 1.67 bits per heavy atom. The highest BCUT2D eigenvalue weighted by atomic mass is 32.1. The van der Waals surface area contributed by atoms with E-state index in [1.165, 1.54) is 34.3 Å². The molecule has 0 aliphatic carbocycles. The second-order valence-electron chi connectivity index (χ2n) is 7.27. The smallest absolute Gasteiger partial charge is 0.288 e. The number of Topliss-reactive ketones (excluding diaryl/α,β-unsaturated/α-hetero) is 2. The van der Waals surface area contributed by atoms with Gasteiger partial charge in [-0.15, -0.1) is 11.3 Å². The Morgan fingerprint density at radius 3 is 2.27 bits per heavy atom. The van der Waals surface area contributed by atoms with E-state index in [1.54, 1.807) is 55.5 Å². The lowest BCUT2D eigenvalue weighted by Gasteiger charge is -2.09. The van der Waals surface area contributed by atoms with Gasteiger partial charge in [0.2, 0.25) is 0 Å². The molecule has 0 radical (unpaired) electrons. The molecule has 166 valence electrons. The van der Waals surface area contributed by atoms with Crippen LogP contribution in [-0.4, -0.2) is 27.5 Å². The lowest BCUT2D eigenvalue weighted by atomic mass is 9.96. The predicted octanol–water partition coefficient (Wildman–Crippen LogP) is 6.31. The number of benzene rings is 2. The summed E-state index contributed by atoms with van der Waals surface area (Å²) in [6.45, 7) is 1.79. The Kier molecular flexibility index (Phi) is 6.11. The number of allylic oxidation sites excluding steroid dienone is 1. The van der Waals surface area contributed by atoms with E-state index >= 15 is 0 Å². The number of rotatable bonds is 6. The molecule has 0 aliphatic heterocycles. The van der Waals surface area contributed by atoms with Crippen molar-refractivity contribution >= 4 is 29.0 Å². The van der Waals surface area contributed by atoms with Crippen molar-refractivity contribution in [1.82, 2.24) is 9.78 Å². The molecule has 0 unspecified atom stereocenters. The molecule has 0 amide bonds. The van der Waals surface area contributed by atoms with Crippen molar-refractivity contribution in [3.8, 4) is 16.3 Å². The minimum absolute atomic E-state index is 0.00225. The molecular weight excluding hydrogens is 449 g/mol. The number of carbonyl (C=O) groups is 2. The van der Waals surface area contributed by atoms with Crippen molar-refractivity contribution < 1.29 is 22.8 Å². The third-order valence-electron chi connectivity index (χ3n) is 4.88. The molecule has 0 atom stereocenters. The van der Waals surface area contributed by atoms with Crippen molar-refractivity contribution in [2.75, 3.05) is 0 Å². The lowest BCUT2D eigenvalue weighted by molar-refractivity contribution is -0.166. The molecular formula is C25H17F3N2O2S. The van der Waals surface area contributed by atoms with Crippen LogP contribution in [0.1, 0.15) is 21.5 Å². The minimum Gasteiger partial charge on any atom is -0.288 e. The van der Waals surface area contributed by atoms with Crippen LogP contribution in [0, 0.1) is 6.92 Å². The fraction of sp³-hybridized carbons (Fsp3) is 0.0800. The quantitative estimate of drug-likeness (QED) is 0.145. The largest absolute Gasteiger partial charge is 0.455 e. The summed E-state index contributed by atoms with van der Waals surface area (Å²) in [5.74, 6) is -3.19. The van der Waals surface area contributed by atoms with Gasteiger partial charge in [-0.25, -0.2) is 4.68 Å². The van der Waals surface area contributed by atoms with Gasteiger partial charge >= 0.3 is 6.18 Å². The van der Waals surface area contributed by atoms with Crippen LogP contribution in [0.15, 0.2) is 83.9 Å². The first-order valence-corrected chi connectivity index (χ1v) is 10.8. The summed E-state index contributed by atoms with van der Waals surface area (Å²) in [7, 11) is 0. The summed E-state index contributed by atoms with van der Waals surface area (Å²) in [6, 6.07) is 18.6. The van der Waals surface area contributed by atoms with Gasteiger partial charge in [0.25, 0.3) is 5.78 Å². The van der Waals surface area contributed by atoms with Gasteiger partial charge in [0.15, 0.2) is 5.78 Å². The molecule has 4 aromatic rings. The van der Waals surface area contributed by atoms with E-state index in [0.717, 1.165) is 11.6 Å². The summed E-state index contributed by atoms with van der Waals surface area (Å²) >= 11 is 1.35. The van der Waals surface area contributed by atoms with E-state index < -0.39 is 23.3 Å². The van der Waals surface area contributed by atoms with Crippen LogP contribution < -0.4 is 0 Å². The van der Waals surface area contributed by atoms with Gasteiger partial charge in [-0.2, -0.15) is 18.3 Å². The van der Waals surface area contributed by atoms with E-state index in [0.29, 0.717) is 16.3 Å². The summed E-state index contributed by atoms with van der Waals surface area (Å²) in [5, 5.41) is 6.33. The van der Waals surface area contributed by atoms with Crippen LogP contribution in [0.25, 0.3) is 22.3 Å². The summed E-state index contributed by atoms with van der Waals surface area (Å²) in [6.07, 6.45) is -2.71. The number of carbonyl (C=O) groups excluding carboxylic acids is 2. The van der Waals surface area contributed by atoms with Crippen molar-refractivity contribution in [1.29, 1.82) is 0 Å². The molecule has 0 aliphatic rings. The highest BCUT2D eigenvalue weighted by Crippen LogP contribution is 2.31. The van der Waals surface area contributed by atoms with Crippen LogP contribution in [-0.2, 0) is 4.79 Å². The van der Waals surface area contributed by atoms with Crippen molar-refractivity contribution in [2.45, 2.75) is 13.1 Å². The topological polar surface area (TPSA) is 52.0 Å². The van der Waals surface area contributed by atoms with Crippen molar-refractivity contribution in [3.05, 3.63) is 101 Å². The average Bonchev–Trinajstić information content (AvgIpc) is 3.47. The molecule has 0 saturated carbocycles. The fourth-order valence-electron chi connectivity index (χ4n) is 3.21. The van der Waals surface area contributed by atoms with Gasteiger partial charge in [-0.05, 0) is 36.6 Å². The van der Waals surface area contributed by atoms with Crippen LogP contribution in [0.2, 0.25) is 0 Å². The van der Waals surface area contributed by atoms with E-state index in [9.17, 15) is 22.8 Å². The maximum atomic E-state index is 13.4. The number of halogens is 3. The molecule has 0 spiro atoms. The standard InChI is InChI=1S/C25H17F3N2O2S/c1-16-9-11-17(12-10-16)23(31)20(24(32)25(26,27)28)14-18-15-30(19-6-3-2-4-7-19)29-22(18)21-8-5-13-33-21/h2-15H,1H3/b20-14+. The predicted molar refractivity (Wildman–Crippen MR) is 121 cm³/mol. The summed E-state index contributed by atoms with van der Waals surface area (Å²) in [4.78, 5) is 26.0. The van der Waals surface area contributed by atoms with E-state index in [4.69, 9.17) is 0 Å². The zero-order valence-electron chi connectivity index (χ0n) is 17.3. The van der Waals surface area contributed by atoms with Crippen LogP contribution in [0.4, 0.5) is 13.2 Å². The van der Waals surface area contributed by atoms with E-state index in [1.807, 2.05) is 11.4 Å². The van der Waals surface area contributed by atoms with Gasteiger partial charge in [0.1, 0.15) is 5.69 Å². The SMILES string of the molecule is Cc1ccc(C(=O)/C(=C\c2cn(-c3ccccc3)nc2-c2cccs2)C(=O)C(F)(F)F)cc1. The number of aromatic nitrogens is 2. The number of hydrogen-bond acceptors (Lipinski definition) is 4. The number of thiophene rings is 1. The molecule has 0 fully saturated rings. The van der Waals surface area contributed by atoms with Gasteiger partial charge in [0.05, 0.1) is 16.1 Å². The molecule has 33 heavy (non-hydrogen) atoms. The molecule has 4 nitrogen and oxygen atoms in total. The van der Waals surface area contributed by atoms with Crippen LogP contribution in [0.3, 0.4) is 0 Å². The van der Waals surface area contributed by atoms with Crippen molar-refractivity contribution in [3.63, 3.8) is 0 Å². The fourth-order valence-corrected chi connectivity index (χ4v) is 3.94. The number of alkyl halides is 3. The Hall–Kier alpha value is -3.78. The molecule has 2 heterocycles. The van der Waals surface area contributed by atoms with E-state index in [2.05, 4.69) is 5.10 Å². The van der Waals surface area contributed by atoms with Gasteiger partial charge < -0.3 is 0 Å². The maximum Gasteiger partial charge on any atom is 0.455 e. The van der Waals surface area contributed by atoms with Crippen LogP contribution in [0.5, 0.6) is 0 Å². The summed E-state index contributed by atoms with van der Waals surface area (Å²) in [5.41, 5.74) is 1.16. The van der Waals surface area contributed by atoms with Gasteiger partial charge in [0, 0.05) is 17.3 Å². The molecule has 0 N–H and O–H groups in total. The highest BCUT2D eigenvalue weighted by molar-refractivity contribution is 7.13. The van der Waals surface area contributed by atoms with Crippen molar-refractivity contribution in [2.24, 2.45) is 0 Å². The second-order valence-corrected chi connectivity index (χ2v) is 8.22. The number of para-hydroxylation sites is 1. The third-order valence-corrected chi connectivity index (χ3v) is 5.75. The molecule has 0 saturated heterocycles. The number of nitrogens with zero attached hydrogens (tertiary/aromatic N) is 2. The lowest BCUT2D eigenvalue weighted by Crippen LogP contribution is -2.28. The Balaban J connectivity index is 1.89. The number of ketones is 2. The Labute approximate surface area is 191 Å². The zero-order valence-corrected chi connectivity index (χ0v) is 18.2. The zero-order chi connectivity index (χ0) is 23.6. The highest BCUT2D eigenvalue weighted by Gasteiger charge is 2.43. The first-order chi connectivity index (χ1) is 15.7. The van der Waals surface area contributed by atoms with Gasteiger partial charge in [-0.1, -0.05) is 54.1 Å². The Morgan fingerprint density at radius 1 is 0.970 bits per heavy atom. The number of aryl methyl sites for hydroxylation is 1. The molecule has 4 rings (SSSR count). The first kappa shape index (κ1) is 22.4. The number of hydrogen-bond donors (Lipinski definition) is 0. The first-order valence-electron chi connectivity index (χ1n) is 9.87. The van der Waals surface area contributed by atoms with Crippen LogP contribution >= 0.6 is 11.3 Å². The molecule has 0 bridgehead atoms. The molecule has 8 heteroatoms. The molecule has 2 aromatic carbocycles.